The van der Waals surface area contributed by atoms with Crippen molar-refractivity contribution in [3.8, 4) is 11.5 Å². The largest absolute Gasteiger partial charge is 0.508 e. The zero-order chi connectivity index (χ0) is 13.1. The predicted molar refractivity (Wildman–Crippen MR) is 71.9 cm³/mol. The number of carbonyl (C=O) groups excluding carboxylic acids is 1. The van der Waals surface area contributed by atoms with Crippen LogP contribution in [0.1, 0.15) is 10.4 Å². The van der Waals surface area contributed by atoms with Gasteiger partial charge in [-0.1, -0.05) is 0 Å². The molecule has 0 heterocycles. The second-order valence-corrected chi connectivity index (χ2v) is 4.52. The van der Waals surface area contributed by atoms with Gasteiger partial charge >= 0.3 is 0 Å². The van der Waals surface area contributed by atoms with E-state index in [2.05, 4.69) is 21.2 Å². The third-order valence-electron chi connectivity index (χ3n) is 2.33. The van der Waals surface area contributed by atoms with E-state index in [0.29, 0.717) is 15.7 Å². The summed E-state index contributed by atoms with van der Waals surface area (Å²) in [7, 11) is 0. The van der Waals surface area contributed by atoms with E-state index in [1.807, 2.05) is 0 Å². The summed E-state index contributed by atoms with van der Waals surface area (Å²) < 4.78 is 0.531. The third kappa shape index (κ3) is 2.81. The minimum Gasteiger partial charge on any atom is -0.508 e. The maximum atomic E-state index is 11.9. The number of halogens is 1. The molecular formula is C13H10BrNO3. The van der Waals surface area contributed by atoms with E-state index >= 15 is 0 Å². The maximum absolute atomic E-state index is 11.9. The van der Waals surface area contributed by atoms with E-state index in [0.717, 1.165) is 0 Å². The highest BCUT2D eigenvalue weighted by atomic mass is 79.9. The molecule has 0 aliphatic heterocycles. The van der Waals surface area contributed by atoms with Crippen molar-refractivity contribution in [3.63, 3.8) is 0 Å². The first kappa shape index (κ1) is 12.4. The van der Waals surface area contributed by atoms with Gasteiger partial charge in [-0.25, -0.2) is 0 Å². The first-order valence-electron chi connectivity index (χ1n) is 5.15. The highest BCUT2D eigenvalue weighted by molar-refractivity contribution is 9.10. The Balaban J connectivity index is 2.16. The molecular weight excluding hydrogens is 298 g/mol. The Kier molecular flexibility index (Phi) is 3.53. The number of rotatable bonds is 2. The summed E-state index contributed by atoms with van der Waals surface area (Å²) in [5.74, 6) is -0.189. The van der Waals surface area contributed by atoms with E-state index < -0.39 is 0 Å². The number of benzene rings is 2. The fraction of sp³-hybridized carbons (Fsp3) is 0. The van der Waals surface area contributed by atoms with Crippen LogP contribution in [0, 0.1) is 0 Å². The molecule has 1 amide bonds. The number of hydrogen-bond donors (Lipinski definition) is 3. The summed E-state index contributed by atoms with van der Waals surface area (Å²) in [5, 5.41) is 21.3. The summed E-state index contributed by atoms with van der Waals surface area (Å²) in [4.78, 5) is 11.9. The van der Waals surface area contributed by atoms with Gasteiger partial charge in [0.1, 0.15) is 11.5 Å². The minimum absolute atomic E-state index is 0.00774. The van der Waals surface area contributed by atoms with Gasteiger partial charge in [0, 0.05) is 11.3 Å². The number of hydrogen-bond acceptors (Lipinski definition) is 3. The topological polar surface area (TPSA) is 69.6 Å². The first-order chi connectivity index (χ1) is 8.56. The summed E-state index contributed by atoms with van der Waals surface area (Å²) in [6, 6.07) is 10.7. The quantitative estimate of drug-likeness (QED) is 0.747. The Morgan fingerprint density at radius 3 is 2.33 bits per heavy atom. The van der Waals surface area contributed by atoms with Gasteiger partial charge in [0.05, 0.1) is 4.47 Å². The van der Waals surface area contributed by atoms with Crippen molar-refractivity contribution in [1.82, 2.24) is 0 Å². The molecule has 2 aromatic carbocycles. The molecule has 0 aliphatic rings. The molecule has 2 aromatic rings. The van der Waals surface area contributed by atoms with Gasteiger partial charge in [0.15, 0.2) is 0 Å². The molecule has 0 aromatic heterocycles. The molecule has 0 atom stereocenters. The Bertz CT molecular complexity index is 581. The Morgan fingerprint density at radius 1 is 1.06 bits per heavy atom. The molecule has 0 fully saturated rings. The zero-order valence-corrected chi connectivity index (χ0v) is 10.8. The van der Waals surface area contributed by atoms with E-state index in [9.17, 15) is 9.90 Å². The molecule has 0 unspecified atom stereocenters. The van der Waals surface area contributed by atoms with Crippen LogP contribution in [0.5, 0.6) is 11.5 Å². The van der Waals surface area contributed by atoms with Crippen LogP contribution in [0.15, 0.2) is 46.9 Å². The average Bonchev–Trinajstić information content (AvgIpc) is 2.35. The lowest BCUT2D eigenvalue weighted by Gasteiger charge is -2.06. The van der Waals surface area contributed by atoms with Crippen molar-refractivity contribution in [3.05, 3.63) is 52.5 Å². The van der Waals surface area contributed by atoms with E-state index in [4.69, 9.17) is 5.11 Å². The predicted octanol–water partition coefficient (Wildman–Crippen LogP) is 3.11. The molecule has 0 bridgehead atoms. The van der Waals surface area contributed by atoms with Gasteiger partial charge in [-0.15, -0.1) is 0 Å². The zero-order valence-electron chi connectivity index (χ0n) is 9.22. The van der Waals surface area contributed by atoms with Crippen molar-refractivity contribution in [2.24, 2.45) is 0 Å². The summed E-state index contributed by atoms with van der Waals surface area (Å²) >= 11 is 3.14. The van der Waals surface area contributed by atoms with Crippen molar-refractivity contribution in [2.75, 3.05) is 5.32 Å². The maximum Gasteiger partial charge on any atom is 0.255 e. The molecule has 0 radical (unpaired) electrons. The first-order valence-corrected chi connectivity index (χ1v) is 5.94. The lowest BCUT2D eigenvalue weighted by atomic mass is 10.2. The van der Waals surface area contributed by atoms with Gasteiger partial charge in [-0.3, -0.25) is 4.79 Å². The Hall–Kier alpha value is -2.01. The van der Waals surface area contributed by atoms with Crippen LogP contribution in [-0.4, -0.2) is 16.1 Å². The fourth-order valence-corrected chi connectivity index (χ4v) is 1.65. The van der Waals surface area contributed by atoms with Crippen molar-refractivity contribution >= 4 is 27.5 Å². The van der Waals surface area contributed by atoms with Crippen LogP contribution in [-0.2, 0) is 0 Å². The molecule has 0 saturated carbocycles. The molecule has 4 nitrogen and oxygen atoms in total. The lowest BCUT2D eigenvalue weighted by molar-refractivity contribution is 0.102. The van der Waals surface area contributed by atoms with Gasteiger partial charge in [0.2, 0.25) is 0 Å². The van der Waals surface area contributed by atoms with Crippen LogP contribution >= 0.6 is 15.9 Å². The number of phenolic OH excluding ortho intramolecular Hbond substituents is 2. The second kappa shape index (κ2) is 5.10. The third-order valence-corrected chi connectivity index (χ3v) is 3.00. The molecule has 5 heteroatoms. The normalized spacial score (nSPS) is 10.1. The average molecular weight is 308 g/mol. The minimum atomic E-state index is -0.330. The molecule has 92 valence electrons. The number of phenols is 2. The van der Waals surface area contributed by atoms with Crippen LogP contribution in [0.3, 0.4) is 0 Å². The molecule has 0 aliphatic carbocycles. The fourth-order valence-electron chi connectivity index (χ4n) is 1.40. The van der Waals surface area contributed by atoms with Crippen molar-refractivity contribution in [2.45, 2.75) is 0 Å². The molecule has 18 heavy (non-hydrogen) atoms. The summed E-state index contributed by atoms with van der Waals surface area (Å²) in [6.07, 6.45) is 0. The van der Waals surface area contributed by atoms with Gasteiger partial charge in [0.25, 0.3) is 5.91 Å². The number of amides is 1. The van der Waals surface area contributed by atoms with Gasteiger partial charge < -0.3 is 15.5 Å². The number of aromatic hydroxyl groups is 2. The summed E-state index contributed by atoms with van der Waals surface area (Å²) in [6.45, 7) is 0. The summed E-state index contributed by atoms with van der Waals surface area (Å²) in [5.41, 5.74) is 0.920. The Labute approximate surface area is 112 Å². The van der Waals surface area contributed by atoms with Crippen LogP contribution < -0.4 is 5.32 Å². The van der Waals surface area contributed by atoms with E-state index in [-0.39, 0.29) is 17.4 Å². The molecule has 3 N–H and O–H groups in total. The van der Waals surface area contributed by atoms with Crippen molar-refractivity contribution in [1.29, 1.82) is 0 Å². The van der Waals surface area contributed by atoms with Crippen molar-refractivity contribution < 1.29 is 15.0 Å². The smallest absolute Gasteiger partial charge is 0.255 e. The van der Waals surface area contributed by atoms with E-state index in [1.54, 1.807) is 24.3 Å². The number of carbonyl (C=O) groups is 1. The van der Waals surface area contributed by atoms with Gasteiger partial charge in [-0.2, -0.15) is 0 Å². The van der Waals surface area contributed by atoms with Crippen LogP contribution in [0.2, 0.25) is 0 Å². The van der Waals surface area contributed by atoms with Crippen LogP contribution in [0.4, 0.5) is 5.69 Å². The highest BCUT2D eigenvalue weighted by Gasteiger charge is 2.08. The number of anilines is 1. The van der Waals surface area contributed by atoms with Gasteiger partial charge in [-0.05, 0) is 58.4 Å². The Morgan fingerprint density at radius 2 is 1.72 bits per heavy atom. The standard InChI is InChI=1S/C13H10BrNO3/c14-11-6-1-8(7-12(11)17)13(18)15-9-2-4-10(16)5-3-9/h1-7,16-17H,(H,15,18). The monoisotopic (exact) mass is 307 g/mol. The second-order valence-electron chi connectivity index (χ2n) is 3.67. The van der Waals surface area contributed by atoms with E-state index in [1.165, 1.54) is 18.2 Å². The molecule has 2 rings (SSSR count). The highest BCUT2D eigenvalue weighted by Crippen LogP contribution is 2.24. The SMILES string of the molecule is O=C(Nc1ccc(O)cc1)c1ccc(Br)c(O)c1. The lowest BCUT2D eigenvalue weighted by Crippen LogP contribution is -2.11. The van der Waals surface area contributed by atoms with Crippen LogP contribution in [0.25, 0.3) is 0 Å². The molecule has 0 spiro atoms. The number of nitrogens with one attached hydrogen (secondary N) is 1. The molecule has 0 saturated heterocycles.